The molecule has 0 aromatic rings. The zero-order chi connectivity index (χ0) is 14.5. The molecule has 0 aromatic heterocycles. The van der Waals surface area contributed by atoms with E-state index in [2.05, 4.69) is 0 Å². The lowest BCUT2D eigenvalue weighted by Gasteiger charge is -2.15. The second-order valence-corrected chi connectivity index (χ2v) is 4.82. The number of carbonyl (C=O) groups excluding carboxylic acids is 1. The lowest BCUT2D eigenvalue weighted by molar-refractivity contribution is -0.146. The Bertz CT molecular complexity index is 261. The van der Waals surface area contributed by atoms with Crippen LogP contribution in [0.15, 0.2) is 11.6 Å². The van der Waals surface area contributed by atoms with E-state index in [1.807, 2.05) is 0 Å². The van der Waals surface area contributed by atoms with Gasteiger partial charge in [-0.1, -0.05) is 31.8 Å². The molecule has 0 aliphatic heterocycles. The summed E-state index contributed by atoms with van der Waals surface area (Å²) in [7, 11) is 0. The van der Waals surface area contributed by atoms with Gasteiger partial charge >= 0.3 is 5.97 Å². The normalized spacial score (nSPS) is 13.4. The lowest BCUT2D eigenvalue weighted by Crippen LogP contribution is -2.22. The van der Waals surface area contributed by atoms with E-state index in [9.17, 15) is 9.90 Å². The van der Waals surface area contributed by atoms with Crippen molar-refractivity contribution in [1.82, 2.24) is 0 Å². The molecule has 0 heterocycles. The number of aliphatic hydroxyl groups is 2. The summed E-state index contributed by atoms with van der Waals surface area (Å²) in [4.78, 5) is 11.5. The molecule has 4 nitrogen and oxygen atoms in total. The standard InChI is InChI=1S/C15H28O4/c1-3-13(2)15(18)19-14(12-17)10-8-6-4-5-7-9-11-16/h3,14,16-17H,4-12H2,1-2H3. The summed E-state index contributed by atoms with van der Waals surface area (Å²) in [6.45, 7) is 3.65. The van der Waals surface area contributed by atoms with Gasteiger partial charge in [-0.2, -0.15) is 0 Å². The predicted octanol–water partition coefficient (Wildman–Crippen LogP) is 2.58. The average Bonchev–Trinajstić information content (AvgIpc) is 2.43. The van der Waals surface area contributed by atoms with Gasteiger partial charge in [0.25, 0.3) is 0 Å². The number of carbonyl (C=O) groups is 1. The first kappa shape index (κ1) is 18.1. The minimum Gasteiger partial charge on any atom is -0.457 e. The number of rotatable bonds is 11. The van der Waals surface area contributed by atoms with Crippen molar-refractivity contribution in [2.75, 3.05) is 13.2 Å². The minimum absolute atomic E-state index is 0.118. The topological polar surface area (TPSA) is 66.8 Å². The van der Waals surface area contributed by atoms with Crippen molar-refractivity contribution in [3.05, 3.63) is 11.6 Å². The maximum Gasteiger partial charge on any atom is 0.333 e. The molecule has 0 radical (unpaired) electrons. The zero-order valence-corrected chi connectivity index (χ0v) is 12.2. The summed E-state index contributed by atoms with van der Waals surface area (Å²) < 4.78 is 5.21. The summed E-state index contributed by atoms with van der Waals surface area (Å²) in [5.41, 5.74) is 0.572. The molecule has 2 N–H and O–H groups in total. The van der Waals surface area contributed by atoms with Crippen LogP contribution in [0, 0.1) is 0 Å². The third-order valence-electron chi connectivity index (χ3n) is 3.17. The molecule has 112 valence electrons. The van der Waals surface area contributed by atoms with Crippen LogP contribution in [0.3, 0.4) is 0 Å². The van der Waals surface area contributed by atoms with Crippen LogP contribution in [0.1, 0.15) is 58.8 Å². The second-order valence-electron chi connectivity index (χ2n) is 4.82. The highest BCUT2D eigenvalue weighted by atomic mass is 16.6. The van der Waals surface area contributed by atoms with Gasteiger partial charge in [0.2, 0.25) is 0 Å². The predicted molar refractivity (Wildman–Crippen MR) is 75.8 cm³/mol. The van der Waals surface area contributed by atoms with Crippen molar-refractivity contribution in [3.8, 4) is 0 Å². The molecule has 0 aliphatic carbocycles. The third-order valence-corrected chi connectivity index (χ3v) is 3.17. The number of unbranched alkanes of at least 4 members (excludes halogenated alkanes) is 5. The molecule has 0 bridgehead atoms. The second kappa shape index (κ2) is 12.2. The molecule has 0 spiro atoms. The monoisotopic (exact) mass is 272 g/mol. The summed E-state index contributed by atoms with van der Waals surface area (Å²) in [6, 6.07) is 0. The largest absolute Gasteiger partial charge is 0.457 e. The van der Waals surface area contributed by atoms with E-state index in [1.54, 1.807) is 19.9 Å². The molecule has 19 heavy (non-hydrogen) atoms. The van der Waals surface area contributed by atoms with Gasteiger partial charge in [0.1, 0.15) is 6.10 Å². The van der Waals surface area contributed by atoms with Gasteiger partial charge in [-0.3, -0.25) is 0 Å². The Hall–Kier alpha value is -0.870. The van der Waals surface area contributed by atoms with Crippen molar-refractivity contribution in [1.29, 1.82) is 0 Å². The van der Waals surface area contributed by atoms with Crippen molar-refractivity contribution in [3.63, 3.8) is 0 Å². The number of esters is 1. The van der Waals surface area contributed by atoms with Gasteiger partial charge < -0.3 is 14.9 Å². The maximum absolute atomic E-state index is 11.5. The van der Waals surface area contributed by atoms with Gasteiger partial charge in [-0.15, -0.1) is 0 Å². The molecule has 0 amide bonds. The molecular weight excluding hydrogens is 244 g/mol. The minimum atomic E-state index is -0.389. The third kappa shape index (κ3) is 9.68. The lowest BCUT2D eigenvalue weighted by atomic mass is 10.1. The van der Waals surface area contributed by atoms with Gasteiger partial charge in [-0.25, -0.2) is 4.79 Å². The van der Waals surface area contributed by atoms with Crippen LogP contribution < -0.4 is 0 Å². The van der Waals surface area contributed by atoms with Crippen molar-refractivity contribution < 1.29 is 19.7 Å². The van der Waals surface area contributed by atoms with E-state index >= 15 is 0 Å². The summed E-state index contributed by atoms with van der Waals surface area (Å²) in [5, 5.41) is 17.8. The molecule has 0 fully saturated rings. The molecule has 0 saturated carbocycles. The first-order valence-corrected chi connectivity index (χ1v) is 7.21. The fourth-order valence-corrected chi connectivity index (χ4v) is 1.74. The highest BCUT2D eigenvalue weighted by molar-refractivity contribution is 5.87. The first-order chi connectivity index (χ1) is 9.15. The highest BCUT2D eigenvalue weighted by Gasteiger charge is 2.13. The molecule has 0 aliphatic rings. The Labute approximate surface area is 116 Å². The van der Waals surface area contributed by atoms with Crippen LogP contribution in [0.25, 0.3) is 0 Å². The van der Waals surface area contributed by atoms with E-state index in [-0.39, 0.29) is 25.3 Å². The number of aliphatic hydroxyl groups excluding tert-OH is 2. The Balaban J connectivity index is 3.68. The number of allylic oxidation sites excluding steroid dienone is 1. The smallest absolute Gasteiger partial charge is 0.333 e. The average molecular weight is 272 g/mol. The summed E-state index contributed by atoms with van der Waals surface area (Å²) >= 11 is 0. The quantitative estimate of drug-likeness (QED) is 0.345. The van der Waals surface area contributed by atoms with Crippen LogP contribution in [0.2, 0.25) is 0 Å². The van der Waals surface area contributed by atoms with Crippen LogP contribution in [-0.2, 0) is 9.53 Å². The van der Waals surface area contributed by atoms with Crippen LogP contribution in [0.5, 0.6) is 0 Å². The van der Waals surface area contributed by atoms with Crippen LogP contribution in [0.4, 0.5) is 0 Å². The number of hydrogen-bond donors (Lipinski definition) is 2. The highest BCUT2D eigenvalue weighted by Crippen LogP contribution is 2.11. The summed E-state index contributed by atoms with van der Waals surface area (Å²) in [5.74, 6) is -0.343. The van der Waals surface area contributed by atoms with Gasteiger partial charge in [0.15, 0.2) is 0 Å². The first-order valence-electron chi connectivity index (χ1n) is 7.21. The fraction of sp³-hybridized carbons (Fsp3) is 0.800. The van der Waals surface area contributed by atoms with Crippen molar-refractivity contribution in [2.45, 2.75) is 64.9 Å². The molecule has 4 heteroatoms. The van der Waals surface area contributed by atoms with Gasteiger partial charge in [0.05, 0.1) is 6.61 Å². The Morgan fingerprint density at radius 1 is 1.11 bits per heavy atom. The van der Waals surface area contributed by atoms with Crippen molar-refractivity contribution in [2.24, 2.45) is 0 Å². The molecule has 1 atom stereocenters. The van der Waals surface area contributed by atoms with Crippen LogP contribution in [-0.4, -0.2) is 35.5 Å². The van der Waals surface area contributed by atoms with E-state index < -0.39 is 0 Å². The fourth-order valence-electron chi connectivity index (χ4n) is 1.74. The number of hydrogen-bond acceptors (Lipinski definition) is 4. The summed E-state index contributed by atoms with van der Waals surface area (Å²) in [6.07, 6.45) is 8.24. The maximum atomic E-state index is 11.5. The van der Waals surface area contributed by atoms with Gasteiger partial charge in [-0.05, 0) is 33.1 Å². The van der Waals surface area contributed by atoms with Crippen LogP contribution >= 0.6 is 0 Å². The van der Waals surface area contributed by atoms with E-state index in [0.717, 1.165) is 38.5 Å². The van der Waals surface area contributed by atoms with E-state index in [0.29, 0.717) is 12.0 Å². The van der Waals surface area contributed by atoms with E-state index in [4.69, 9.17) is 9.84 Å². The molecule has 0 rings (SSSR count). The SMILES string of the molecule is CC=C(C)C(=O)OC(CO)CCCCCCCCO. The number of ether oxygens (including phenoxy) is 1. The van der Waals surface area contributed by atoms with Gasteiger partial charge in [0, 0.05) is 12.2 Å². The Morgan fingerprint density at radius 2 is 1.68 bits per heavy atom. The molecule has 0 saturated heterocycles. The Kier molecular flexibility index (Phi) is 11.6. The zero-order valence-electron chi connectivity index (χ0n) is 12.2. The Morgan fingerprint density at radius 3 is 2.21 bits per heavy atom. The van der Waals surface area contributed by atoms with Crippen molar-refractivity contribution >= 4 is 5.97 Å². The molecular formula is C15H28O4. The molecule has 0 aromatic carbocycles. The van der Waals surface area contributed by atoms with E-state index in [1.165, 1.54) is 0 Å². The molecule has 1 unspecified atom stereocenters.